The molecule has 0 radical (unpaired) electrons. The van der Waals surface area contributed by atoms with Gasteiger partial charge in [0.05, 0.1) is 31.0 Å². The third-order valence-electron chi connectivity index (χ3n) is 4.89. The van der Waals surface area contributed by atoms with E-state index in [1.54, 1.807) is 31.2 Å². The lowest BCUT2D eigenvalue weighted by molar-refractivity contribution is -0.135. The molecule has 1 aliphatic carbocycles. The van der Waals surface area contributed by atoms with Gasteiger partial charge in [-0.05, 0) is 18.8 Å². The fourth-order valence-corrected chi connectivity index (χ4v) is 3.37. The maximum Gasteiger partial charge on any atom is 0.254 e. The summed E-state index contributed by atoms with van der Waals surface area (Å²) >= 11 is 0. The molecule has 1 saturated carbocycles. The molecule has 2 amide bonds. The number of hydrogen-bond donors (Lipinski definition) is 1. The van der Waals surface area contributed by atoms with Crippen molar-refractivity contribution in [3.05, 3.63) is 18.0 Å². The van der Waals surface area contributed by atoms with E-state index in [2.05, 4.69) is 10.4 Å². The zero-order valence-corrected chi connectivity index (χ0v) is 14.8. The smallest absolute Gasteiger partial charge is 0.254 e. The molecule has 2 aliphatic rings. The lowest BCUT2D eigenvalue weighted by Crippen LogP contribution is -2.41. The fourth-order valence-electron chi connectivity index (χ4n) is 3.37. The van der Waals surface area contributed by atoms with Crippen molar-refractivity contribution in [2.45, 2.75) is 18.9 Å². The van der Waals surface area contributed by atoms with Gasteiger partial charge >= 0.3 is 0 Å². The monoisotopic (exact) mass is 350 g/mol. The van der Waals surface area contributed by atoms with E-state index in [9.17, 15) is 9.59 Å². The highest BCUT2D eigenvalue weighted by atomic mass is 16.5. The van der Waals surface area contributed by atoms with Crippen LogP contribution in [-0.2, 0) is 21.3 Å². The Hall–Kier alpha value is -1.93. The summed E-state index contributed by atoms with van der Waals surface area (Å²) in [6, 6.07) is -0.0110. The number of methoxy groups -OCH3 is 1. The molecule has 1 N–H and O–H groups in total. The summed E-state index contributed by atoms with van der Waals surface area (Å²) < 4.78 is 11.8. The molecule has 1 aromatic rings. The Morgan fingerprint density at radius 3 is 2.76 bits per heavy atom. The first-order chi connectivity index (χ1) is 12.1. The Morgan fingerprint density at radius 2 is 2.12 bits per heavy atom. The zero-order valence-electron chi connectivity index (χ0n) is 14.8. The first-order valence-corrected chi connectivity index (χ1v) is 8.72. The molecule has 1 saturated heterocycles. The van der Waals surface area contributed by atoms with E-state index in [1.165, 1.54) is 12.8 Å². The SMILES string of the molecule is COCCOCC(=O)N1C[C@@H](NC(=O)c2cnn(C)c2)[C@H](C2CC2)C1. The summed E-state index contributed by atoms with van der Waals surface area (Å²) in [5, 5.41) is 7.13. The Morgan fingerprint density at radius 1 is 1.32 bits per heavy atom. The lowest BCUT2D eigenvalue weighted by atomic mass is 9.98. The molecule has 0 aromatic carbocycles. The molecule has 0 unspecified atom stereocenters. The summed E-state index contributed by atoms with van der Waals surface area (Å²) in [6.07, 6.45) is 5.61. The summed E-state index contributed by atoms with van der Waals surface area (Å²) in [4.78, 5) is 26.6. The van der Waals surface area contributed by atoms with Crippen LogP contribution in [0.5, 0.6) is 0 Å². The number of hydrogen-bond acceptors (Lipinski definition) is 5. The average molecular weight is 350 g/mol. The van der Waals surface area contributed by atoms with Gasteiger partial charge in [0.1, 0.15) is 6.61 Å². The van der Waals surface area contributed by atoms with Gasteiger partial charge in [0, 0.05) is 39.4 Å². The minimum atomic E-state index is -0.130. The molecule has 2 fully saturated rings. The molecule has 3 rings (SSSR count). The summed E-state index contributed by atoms with van der Waals surface area (Å²) in [5.74, 6) is 0.768. The molecule has 0 spiro atoms. The van der Waals surface area contributed by atoms with E-state index in [-0.39, 0.29) is 24.5 Å². The van der Waals surface area contributed by atoms with Gasteiger partial charge in [-0.15, -0.1) is 0 Å². The second-order valence-corrected chi connectivity index (χ2v) is 6.83. The molecule has 25 heavy (non-hydrogen) atoms. The molecule has 1 aromatic heterocycles. The molecule has 138 valence electrons. The summed E-state index contributed by atoms with van der Waals surface area (Å²) in [6.45, 7) is 2.17. The van der Waals surface area contributed by atoms with Crippen LogP contribution < -0.4 is 5.32 Å². The number of rotatable bonds is 8. The van der Waals surface area contributed by atoms with Gasteiger partial charge in [-0.25, -0.2) is 0 Å². The number of ether oxygens (including phenoxy) is 2. The third kappa shape index (κ3) is 4.58. The van der Waals surface area contributed by atoms with Gasteiger partial charge in [-0.3, -0.25) is 14.3 Å². The van der Waals surface area contributed by atoms with Crippen LogP contribution in [0, 0.1) is 11.8 Å². The number of carbonyl (C=O) groups is 2. The topological polar surface area (TPSA) is 85.7 Å². The van der Waals surface area contributed by atoms with Crippen molar-refractivity contribution in [3.8, 4) is 0 Å². The Bertz CT molecular complexity index is 614. The highest BCUT2D eigenvalue weighted by Gasteiger charge is 2.44. The van der Waals surface area contributed by atoms with Gasteiger partial charge in [0.15, 0.2) is 0 Å². The predicted octanol–water partition coefficient (Wildman–Crippen LogP) is 0.0499. The molecule has 8 heteroatoms. The number of likely N-dealkylation sites (tertiary alicyclic amines) is 1. The zero-order chi connectivity index (χ0) is 17.8. The highest BCUT2D eigenvalue weighted by Crippen LogP contribution is 2.41. The lowest BCUT2D eigenvalue weighted by Gasteiger charge is -2.18. The minimum Gasteiger partial charge on any atom is -0.382 e. The van der Waals surface area contributed by atoms with Crippen molar-refractivity contribution in [1.29, 1.82) is 0 Å². The van der Waals surface area contributed by atoms with Crippen molar-refractivity contribution in [2.24, 2.45) is 18.9 Å². The van der Waals surface area contributed by atoms with Crippen molar-refractivity contribution < 1.29 is 19.1 Å². The highest BCUT2D eigenvalue weighted by molar-refractivity contribution is 5.94. The van der Waals surface area contributed by atoms with Crippen LogP contribution in [0.4, 0.5) is 0 Å². The Kier molecular flexibility index (Phi) is 5.70. The maximum atomic E-state index is 12.4. The van der Waals surface area contributed by atoms with Crippen molar-refractivity contribution in [2.75, 3.05) is 40.0 Å². The van der Waals surface area contributed by atoms with E-state index < -0.39 is 0 Å². The predicted molar refractivity (Wildman–Crippen MR) is 90.0 cm³/mol. The van der Waals surface area contributed by atoms with E-state index in [0.29, 0.717) is 43.7 Å². The first kappa shape index (κ1) is 17.9. The molecule has 2 heterocycles. The average Bonchev–Trinajstić information content (AvgIpc) is 3.21. The van der Waals surface area contributed by atoms with Crippen molar-refractivity contribution >= 4 is 11.8 Å². The quantitative estimate of drug-likeness (QED) is 0.670. The van der Waals surface area contributed by atoms with E-state index >= 15 is 0 Å². The molecule has 8 nitrogen and oxygen atoms in total. The van der Waals surface area contributed by atoms with Crippen LogP contribution in [0.25, 0.3) is 0 Å². The van der Waals surface area contributed by atoms with E-state index in [4.69, 9.17) is 9.47 Å². The largest absolute Gasteiger partial charge is 0.382 e. The van der Waals surface area contributed by atoms with Crippen LogP contribution in [0.1, 0.15) is 23.2 Å². The van der Waals surface area contributed by atoms with Gasteiger partial charge in [0.25, 0.3) is 5.91 Å². The standard InChI is InChI=1S/C17H26N4O4/c1-20-8-13(7-18-20)17(23)19-15-10-21(9-14(15)12-3-4-12)16(22)11-25-6-5-24-2/h7-8,12,14-15H,3-6,9-11H2,1-2H3,(H,19,23)/t14-,15+/m0/s1. The maximum absolute atomic E-state index is 12.4. The van der Waals surface area contributed by atoms with Gasteiger partial charge in [0.2, 0.25) is 5.91 Å². The van der Waals surface area contributed by atoms with Crippen molar-refractivity contribution in [3.63, 3.8) is 0 Å². The number of aryl methyl sites for hydroxylation is 1. The van der Waals surface area contributed by atoms with Gasteiger partial charge in [-0.1, -0.05) is 0 Å². The summed E-state index contributed by atoms with van der Waals surface area (Å²) in [5.41, 5.74) is 0.546. The molecule has 0 bridgehead atoms. The van der Waals surface area contributed by atoms with Crippen LogP contribution in [0.15, 0.2) is 12.4 Å². The molecular formula is C17H26N4O4. The second kappa shape index (κ2) is 7.97. The second-order valence-electron chi connectivity index (χ2n) is 6.83. The van der Waals surface area contributed by atoms with E-state index in [0.717, 1.165) is 0 Å². The van der Waals surface area contributed by atoms with Crippen LogP contribution in [-0.4, -0.2) is 72.6 Å². The number of carbonyl (C=O) groups excluding carboxylic acids is 2. The Balaban J connectivity index is 1.55. The van der Waals surface area contributed by atoms with Crippen LogP contribution in [0.2, 0.25) is 0 Å². The van der Waals surface area contributed by atoms with Crippen molar-refractivity contribution in [1.82, 2.24) is 20.0 Å². The van der Waals surface area contributed by atoms with E-state index in [1.807, 2.05) is 4.90 Å². The first-order valence-electron chi connectivity index (χ1n) is 8.72. The number of nitrogens with one attached hydrogen (secondary N) is 1. The normalized spacial score (nSPS) is 23.0. The third-order valence-corrected chi connectivity index (χ3v) is 4.89. The van der Waals surface area contributed by atoms with Crippen LogP contribution in [0.3, 0.4) is 0 Å². The van der Waals surface area contributed by atoms with Crippen LogP contribution >= 0.6 is 0 Å². The Labute approximate surface area is 147 Å². The van der Waals surface area contributed by atoms with Gasteiger partial charge < -0.3 is 19.7 Å². The molecular weight excluding hydrogens is 324 g/mol. The minimum absolute atomic E-state index is 0.0110. The van der Waals surface area contributed by atoms with Gasteiger partial charge in [-0.2, -0.15) is 5.10 Å². The number of aromatic nitrogens is 2. The fraction of sp³-hybridized carbons (Fsp3) is 0.706. The number of amides is 2. The number of nitrogens with zero attached hydrogens (tertiary/aromatic N) is 3. The summed E-state index contributed by atoms with van der Waals surface area (Å²) in [7, 11) is 3.38. The molecule has 1 aliphatic heterocycles. The molecule has 2 atom stereocenters.